The summed E-state index contributed by atoms with van der Waals surface area (Å²) in [5, 5.41) is 3.01. The van der Waals surface area contributed by atoms with Gasteiger partial charge >= 0.3 is 6.09 Å². The maximum Gasteiger partial charge on any atom is 0.407 e. The molecule has 2 fully saturated rings. The van der Waals surface area contributed by atoms with E-state index in [1.165, 1.54) is 25.8 Å². The van der Waals surface area contributed by atoms with E-state index < -0.39 is 5.60 Å². The number of likely N-dealkylation sites (tertiary alicyclic amines) is 1. The Bertz CT molecular complexity index is 361. The summed E-state index contributed by atoms with van der Waals surface area (Å²) in [6.45, 7) is 13.0. The molecule has 0 spiro atoms. The molecule has 0 aromatic heterocycles. The first-order chi connectivity index (χ1) is 10.3. The standard InChI is InChI=1S/C17H32N2O3/c1-13(18-16(20)22-17(2,3)4)15-6-5-8-19(11-15)10-14-7-9-21-12-14/h13-15H,5-12H2,1-4H3,(H,18,20)/t13-,14-,15-/m0/s1. The lowest BCUT2D eigenvalue weighted by molar-refractivity contribution is 0.0463. The van der Waals surface area contributed by atoms with Crippen molar-refractivity contribution < 1.29 is 14.3 Å². The van der Waals surface area contributed by atoms with Gasteiger partial charge in [-0.15, -0.1) is 0 Å². The van der Waals surface area contributed by atoms with Crippen molar-refractivity contribution in [1.82, 2.24) is 10.2 Å². The third kappa shape index (κ3) is 5.76. The maximum atomic E-state index is 11.9. The van der Waals surface area contributed by atoms with E-state index in [-0.39, 0.29) is 12.1 Å². The van der Waals surface area contributed by atoms with E-state index >= 15 is 0 Å². The molecular weight excluding hydrogens is 280 g/mol. The van der Waals surface area contributed by atoms with Gasteiger partial charge in [0, 0.05) is 25.7 Å². The van der Waals surface area contributed by atoms with Crippen LogP contribution in [0.4, 0.5) is 4.79 Å². The zero-order valence-corrected chi connectivity index (χ0v) is 14.6. The van der Waals surface area contributed by atoms with Gasteiger partial charge in [-0.2, -0.15) is 0 Å². The number of carbonyl (C=O) groups excluding carboxylic acids is 1. The van der Waals surface area contributed by atoms with E-state index in [1.807, 2.05) is 20.8 Å². The van der Waals surface area contributed by atoms with E-state index in [0.717, 1.165) is 26.3 Å². The molecule has 128 valence electrons. The number of nitrogens with one attached hydrogen (secondary N) is 1. The highest BCUT2D eigenvalue weighted by Gasteiger charge is 2.29. The highest BCUT2D eigenvalue weighted by atomic mass is 16.6. The number of nitrogens with zero attached hydrogens (tertiary/aromatic N) is 1. The van der Waals surface area contributed by atoms with Crippen LogP contribution in [0.2, 0.25) is 0 Å². The Kier molecular flexibility index (Phi) is 6.09. The van der Waals surface area contributed by atoms with Crippen molar-refractivity contribution in [2.45, 2.75) is 58.6 Å². The molecule has 0 aromatic carbocycles. The Morgan fingerprint density at radius 2 is 2.18 bits per heavy atom. The number of carbonyl (C=O) groups is 1. The Balaban J connectivity index is 1.76. The van der Waals surface area contributed by atoms with Gasteiger partial charge in [-0.1, -0.05) is 0 Å². The van der Waals surface area contributed by atoms with Gasteiger partial charge in [-0.3, -0.25) is 0 Å². The van der Waals surface area contributed by atoms with E-state index in [0.29, 0.717) is 11.8 Å². The van der Waals surface area contributed by atoms with Crippen LogP contribution in [0.5, 0.6) is 0 Å². The predicted octanol–water partition coefficient (Wildman–Crippen LogP) is 2.65. The summed E-state index contributed by atoms with van der Waals surface area (Å²) in [4.78, 5) is 14.5. The number of alkyl carbamates (subject to hydrolysis) is 1. The van der Waals surface area contributed by atoms with Crippen LogP contribution in [0.1, 0.15) is 47.0 Å². The summed E-state index contributed by atoms with van der Waals surface area (Å²) in [5.41, 5.74) is -0.440. The van der Waals surface area contributed by atoms with Crippen molar-refractivity contribution in [2.75, 3.05) is 32.8 Å². The number of hydrogen-bond acceptors (Lipinski definition) is 4. The SMILES string of the molecule is C[C@H](NC(=O)OC(C)(C)C)[C@H]1CCCN(C[C@@H]2CCOC2)C1. The van der Waals surface area contributed by atoms with Gasteiger partial charge in [0.2, 0.25) is 0 Å². The number of piperidine rings is 1. The van der Waals surface area contributed by atoms with Crippen LogP contribution < -0.4 is 5.32 Å². The molecule has 2 aliphatic heterocycles. The van der Waals surface area contributed by atoms with Crippen molar-refractivity contribution in [3.05, 3.63) is 0 Å². The second-order valence-corrected chi connectivity index (χ2v) is 7.83. The molecule has 5 nitrogen and oxygen atoms in total. The minimum atomic E-state index is -0.440. The third-order valence-corrected chi connectivity index (χ3v) is 4.53. The fourth-order valence-electron chi connectivity index (χ4n) is 3.37. The normalized spacial score (nSPS) is 28.4. The molecular formula is C17H32N2O3. The molecule has 3 atom stereocenters. The van der Waals surface area contributed by atoms with Crippen LogP contribution in [0, 0.1) is 11.8 Å². The highest BCUT2D eigenvalue weighted by molar-refractivity contribution is 5.68. The first-order valence-corrected chi connectivity index (χ1v) is 8.63. The zero-order chi connectivity index (χ0) is 16.2. The van der Waals surface area contributed by atoms with Gasteiger partial charge < -0.3 is 19.7 Å². The molecule has 2 saturated heterocycles. The van der Waals surface area contributed by atoms with E-state index in [9.17, 15) is 4.79 Å². The molecule has 5 heteroatoms. The second kappa shape index (κ2) is 7.64. The van der Waals surface area contributed by atoms with Gasteiger partial charge in [0.25, 0.3) is 0 Å². The summed E-state index contributed by atoms with van der Waals surface area (Å²) < 4.78 is 10.8. The summed E-state index contributed by atoms with van der Waals surface area (Å²) in [7, 11) is 0. The Morgan fingerprint density at radius 3 is 2.82 bits per heavy atom. The van der Waals surface area contributed by atoms with Crippen LogP contribution >= 0.6 is 0 Å². The molecule has 0 unspecified atom stereocenters. The second-order valence-electron chi connectivity index (χ2n) is 7.83. The molecule has 0 saturated carbocycles. The molecule has 2 heterocycles. The topological polar surface area (TPSA) is 50.8 Å². The van der Waals surface area contributed by atoms with Crippen molar-refractivity contribution in [3.63, 3.8) is 0 Å². The molecule has 0 aliphatic carbocycles. The van der Waals surface area contributed by atoms with Gasteiger partial charge in [0.05, 0.1) is 6.61 Å². The molecule has 0 bridgehead atoms. The number of hydrogen-bond donors (Lipinski definition) is 1. The monoisotopic (exact) mass is 312 g/mol. The zero-order valence-electron chi connectivity index (χ0n) is 14.6. The summed E-state index contributed by atoms with van der Waals surface area (Å²) in [6.07, 6.45) is 3.27. The Hall–Kier alpha value is -0.810. The van der Waals surface area contributed by atoms with Gasteiger partial charge in [0.15, 0.2) is 0 Å². The summed E-state index contributed by atoms with van der Waals surface area (Å²) in [5.74, 6) is 1.19. The number of amides is 1. The molecule has 1 amide bonds. The average molecular weight is 312 g/mol. The fraction of sp³-hybridized carbons (Fsp3) is 0.941. The minimum Gasteiger partial charge on any atom is -0.444 e. The van der Waals surface area contributed by atoms with Crippen molar-refractivity contribution in [1.29, 1.82) is 0 Å². The molecule has 22 heavy (non-hydrogen) atoms. The van der Waals surface area contributed by atoms with Gasteiger partial charge in [-0.25, -0.2) is 4.79 Å². The summed E-state index contributed by atoms with van der Waals surface area (Å²) in [6, 6.07) is 0.150. The quantitative estimate of drug-likeness (QED) is 0.867. The van der Waals surface area contributed by atoms with Crippen molar-refractivity contribution >= 4 is 6.09 Å². The first-order valence-electron chi connectivity index (χ1n) is 8.63. The molecule has 0 aromatic rings. The van der Waals surface area contributed by atoms with Crippen LogP contribution in [0.25, 0.3) is 0 Å². The van der Waals surface area contributed by atoms with E-state index in [1.54, 1.807) is 0 Å². The van der Waals surface area contributed by atoms with Gasteiger partial charge in [-0.05, 0) is 65.3 Å². The first kappa shape index (κ1) is 17.5. The lowest BCUT2D eigenvalue weighted by atomic mass is 9.91. The predicted molar refractivity (Wildman–Crippen MR) is 86.9 cm³/mol. The van der Waals surface area contributed by atoms with E-state index in [2.05, 4.69) is 17.1 Å². The smallest absolute Gasteiger partial charge is 0.407 e. The van der Waals surface area contributed by atoms with E-state index in [4.69, 9.17) is 9.47 Å². The van der Waals surface area contributed by atoms with Crippen LogP contribution in [0.3, 0.4) is 0 Å². The number of ether oxygens (including phenoxy) is 2. The Morgan fingerprint density at radius 1 is 1.41 bits per heavy atom. The lowest BCUT2D eigenvalue weighted by Crippen LogP contribution is -2.48. The van der Waals surface area contributed by atoms with Crippen molar-refractivity contribution in [2.24, 2.45) is 11.8 Å². The maximum absolute atomic E-state index is 11.9. The summed E-state index contributed by atoms with van der Waals surface area (Å²) >= 11 is 0. The highest BCUT2D eigenvalue weighted by Crippen LogP contribution is 2.23. The molecule has 2 rings (SSSR count). The fourth-order valence-corrected chi connectivity index (χ4v) is 3.37. The average Bonchev–Trinajstić information content (AvgIpc) is 2.89. The van der Waals surface area contributed by atoms with Crippen LogP contribution in [-0.4, -0.2) is 55.5 Å². The van der Waals surface area contributed by atoms with Gasteiger partial charge in [0.1, 0.15) is 5.60 Å². The van der Waals surface area contributed by atoms with Crippen LogP contribution in [0.15, 0.2) is 0 Å². The third-order valence-electron chi connectivity index (χ3n) is 4.53. The Labute approximate surface area is 134 Å². The minimum absolute atomic E-state index is 0.150. The van der Waals surface area contributed by atoms with Crippen LogP contribution in [-0.2, 0) is 9.47 Å². The molecule has 2 aliphatic rings. The number of rotatable bonds is 4. The largest absolute Gasteiger partial charge is 0.444 e. The molecule has 0 radical (unpaired) electrons. The van der Waals surface area contributed by atoms with Crippen molar-refractivity contribution in [3.8, 4) is 0 Å². The molecule has 1 N–H and O–H groups in total. The lowest BCUT2D eigenvalue weighted by Gasteiger charge is -2.37.